The Morgan fingerprint density at radius 3 is 2.68 bits per heavy atom. The highest BCUT2D eigenvalue weighted by molar-refractivity contribution is 7.17. The maximum absolute atomic E-state index is 13.1. The van der Waals surface area contributed by atoms with E-state index < -0.39 is 6.23 Å². The Hall–Kier alpha value is -4.45. The molecule has 5 aromatic rings. The molecule has 0 saturated carbocycles. The van der Waals surface area contributed by atoms with Crippen molar-refractivity contribution in [2.24, 2.45) is 5.73 Å². The van der Waals surface area contributed by atoms with E-state index in [1.165, 1.54) is 11.3 Å². The van der Waals surface area contributed by atoms with Gasteiger partial charge in [0.25, 0.3) is 11.8 Å². The van der Waals surface area contributed by atoms with Gasteiger partial charge in [-0.1, -0.05) is 18.2 Å². The number of nitrogens with one attached hydrogen (secondary N) is 1. The van der Waals surface area contributed by atoms with Gasteiger partial charge in [-0.15, -0.1) is 11.3 Å². The molecule has 0 radical (unpaired) electrons. The second kappa shape index (κ2) is 10.9. The van der Waals surface area contributed by atoms with Crippen molar-refractivity contribution in [3.8, 4) is 10.6 Å². The molecule has 11 heteroatoms. The molecule has 3 aromatic heterocycles. The van der Waals surface area contributed by atoms with E-state index in [4.69, 9.17) is 5.73 Å². The average Bonchev–Trinajstić information content (AvgIpc) is 3.57. The zero-order valence-electron chi connectivity index (χ0n) is 20.5. The number of rotatable bonds is 8. The van der Waals surface area contributed by atoms with Gasteiger partial charge >= 0.3 is 0 Å². The Labute approximate surface area is 222 Å². The first kappa shape index (κ1) is 25.2. The van der Waals surface area contributed by atoms with E-state index in [-0.39, 0.29) is 18.2 Å². The first-order chi connectivity index (χ1) is 18.4. The normalized spacial score (nSPS) is 11.9. The second-order valence-electron chi connectivity index (χ2n) is 8.55. The SMILES string of the molecule is CN(C(=O)c1ccccc1)c1ccc2c(c1)nc(NC(=O)c1ccc(-c3cnccn3)s1)n2CCC(N)O. The fourth-order valence-corrected chi connectivity index (χ4v) is 4.85. The number of nitrogens with two attached hydrogens (primary N) is 1. The van der Waals surface area contributed by atoms with Crippen LogP contribution in [0.15, 0.2) is 79.3 Å². The maximum atomic E-state index is 13.1. The molecular weight excluding hydrogens is 502 g/mol. The molecule has 0 spiro atoms. The molecule has 5 rings (SSSR count). The number of benzene rings is 2. The summed E-state index contributed by atoms with van der Waals surface area (Å²) in [5, 5.41) is 12.6. The summed E-state index contributed by atoms with van der Waals surface area (Å²) in [4.78, 5) is 41.9. The number of carbonyl (C=O) groups excluding carboxylic acids is 2. The smallest absolute Gasteiger partial charge is 0.268 e. The number of anilines is 2. The van der Waals surface area contributed by atoms with Gasteiger partial charge in [0.1, 0.15) is 6.23 Å². The standard InChI is InChI=1S/C27H25N7O3S/c1-33(26(37)17-5-3-2-4-6-17)18-7-8-21-19(15-18)31-27(34(21)14-11-24(28)35)32-25(36)23-10-9-22(38-23)20-16-29-12-13-30-20/h2-10,12-13,15-16,24,35H,11,14,28H2,1H3,(H,31,32,36). The summed E-state index contributed by atoms with van der Waals surface area (Å²) in [6.07, 6.45) is 4.08. The Morgan fingerprint density at radius 1 is 1.13 bits per heavy atom. The van der Waals surface area contributed by atoms with E-state index in [1.54, 1.807) is 59.4 Å². The first-order valence-corrected chi connectivity index (χ1v) is 12.7. The van der Waals surface area contributed by atoms with E-state index >= 15 is 0 Å². The number of carbonyl (C=O) groups is 2. The van der Waals surface area contributed by atoms with Crippen molar-refractivity contribution in [2.45, 2.75) is 19.2 Å². The molecular formula is C27H25N7O3S. The van der Waals surface area contributed by atoms with Crippen LogP contribution in [0, 0.1) is 0 Å². The zero-order chi connectivity index (χ0) is 26.6. The van der Waals surface area contributed by atoms with Crippen molar-refractivity contribution >= 4 is 45.8 Å². The predicted molar refractivity (Wildman–Crippen MR) is 147 cm³/mol. The van der Waals surface area contributed by atoms with Gasteiger partial charge in [0.2, 0.25) is 5.95 Å². The number of aromatic nitrogens is 4. The molecule has 10 nitrogen and oxygen atoms in total. The lowest BCUT2D eigenvalue weighted by Crippen LogP contribution is -2.26. The zero-order valence-corrected chi connectivity index (χ0v) is 21.3. The van der Waals surface area contributed by atoms with Crippen LogP contribution in [0.25, 0.3) is 21.6 Å². The molecule has 0 bridgehead atoms. The van der Waals surface area contributed by atoms with E-state index in [0.717, 1.165) is 10.4 Å². The molecule has 2 amide bonds. The van der Waals surface area contributed by atoms with Gasteiger partial charge in [-0.3, -0.25) is 24.9 Å². The van der Waals surface area contributed by atoms with Crippen LogP contribution in [0.5, 0.6) is 0 Å². The molecule has 2 aromatic carbocycles. The lowest BCUT2D eigenvalue weighted by Gasteiger charge is -2.17. The molecule has 38 heavy (non-hydrogen) atoms. The number of hydrogen-bond donors (Lipinski definition) is 3. The van der Waals surface area contributed by atoms with Gasteiger partial charge in [-0.05, 0) is 42.5 Å². The molecule has 0 aliphatic carbocycles. The summed E-state index contributed by atoms with van der Waals surface area (Å²) >= 11 is 1.30. The lowest BCUT2D eigenvalue weighted by molar-refractivity contribution is 0.0991. The van der Waals surface area contributed by atoms with E-state index in [1.807, 2.05) is 36.4 Å². The number of nitrogens with zero attached hydrogens (tertiary/aromatic N) is 5. The molecule has 4 N–H and O–H groups in total. The van der Waals surface area contributed by atoms with Crippen molar-refractivity contribution in [1.82, 2.24) is 19.5 Å². The molecule has 192 valence electrons. The number of imidazole rings is 1. The Balaban J connectivity index is 1.44. The molecule has 0 saturated heterocycles. The third kappa shape index (κ3) is 5.30. The fourth-order valence-electron chi connectivity index (χ4n) is 3.99. The number of amides is 2. The predicted octanol–water partition coefficient (Wildman–Crippen LogP) is 3.75. The summed E-state index contributed by atoms with van der Waals surface area (Å²) in [7, 11) is 1.70. The average molecular weight is 528 g/mol. The van der Waals surface area contributed by atoms with Gasteiger partial charge in [0, 0.05) is 43.7 Å². The van der Waals surface area contributed by atoms with Crippen LogP contribution in [0.2, 0.25) is 0 Å². The molecule has 1 atom stereocenters. The van der Waals surface area contributed by atoms with Crippen LogP contribution in [0.4, 0.5) is 11.6 Å². The summed E-state index contributed by atoms with van der Waals surface area (Å²) in [5.41, 5.74) is 8.81. The summed E-state index contributed by atoms with van der Waals surface area (Å²) in [6, 6.07) is 18.0. The summed E-state index contributed by atoms with van der Waals surface area (Å²) in [6.45, 7) is 0.331. The van der Waals surface area contributed by atoms with Crippen LogP contribution in [-0.2, 0) is 6.54 Å². The quantitative estimate of drug-likeness (QED) is 0.261. The van der Waals surface area contributed by atoms with Crippen LogP contribution in [0.3, 0.4) is 0 Å². The minimum absolute atomic E-state index is 0.152. The van der Waals surface area contributed by atoms with Crippen molar-refractivity contribution in [1.29, 1.82) is 0 Å². The minimum Gasteiger partial charge on any atom is -0.379 e. The minimum atomic E-state index is -1.02. The molecule has 0 fully saturated rings. The largest absolute Gasteiger partial charge is 0.379 e. The van der Waals surface area contributed by atoms with Crippen LogP contribution in [-0.4, -0.2) is 49.7 Å². The van der Waals surface area contributed by atoms with Crippen molar-refractivity contribution in [2.75, 3.05) is 17.3 Å². The van der Waals surface area contributed by atoms with Crippen LogP contribution in [0.1, 0.15) is 26.5 Å². The Kier molecular flexibility index (Phi) is 7.22. The number of aliphatic hydroxyl groups excluding tert-OH is 1. The molecule has 0 aliphatic heterocycles. The lowest BCUT2D eigenvalue weighted by atomic mass is 10.2. The molecule has 0 aliphatic rings. The molecule has 3 heterocycles. The Bertz CT molecular complexity index is 1580. The van der Waals surface area contributed by atoms with Crippen molar-refractivity contribution in [3.63, 3.8) is 0 Å². The van der Waals surface area contributed by atoms with E-state index in [9.17, 15) is 14.7 Å². The summed E-state index contributed by atoms with van der Waals surface area (Å²) < 4.78 is 1.79. The monoisotopic (exact) mass is 527 g/mol. The highest BCUT2D eigenvalue weighted by atomic mass is 32.1. The van der Waals surface area contributed by atoms with Crippen molar-refractivity contribution in [3.05, 3.63) is 89.7 Å². The Morgan fingerprint density at radius 2 is 1.95 bits per heavy atom. The number of hydrogen-bond acceptors (Lipinski definition) is 8. The topological polar surface area (TPSA) is 139 Å². The van der Waals surface area contributed by atoms with Gasteiger partial charge in [-0.2, -0.15) is 0 Å². The highest BCUT2D eigenvalue weighted by Crippen LogP contribution is 2.29. The third-order valence-corrected chi connectivity index (χ3v) is 7.07. The first-order valence-electron chi connectivity index (χ1n) is 11.9. The third-order valence-electron chi connectivity index (χ3n) is 5.96. The highest BCUT2D eigenvalue weighted by Gasteiger charge is 2.19. The molecule has 1 unspecified atom stereocenters. The van der Waals surface area contributed by atoms with Gasteiger partial charge in [0.05, 0.1) is 32.7 Å². The summed E-state index contributed by atoms with van der Waals surface area (Å²) in [5.74, 6) is -0.165. The second-order valence-corrected chi connectivity index (χ2v) is 9.64. The van der Waals surface area contributed by atoms with E-state index in [2.05, 4.69) is 20.3 Å². The number of thiophene rings is 1. The number of aryl methyl sites for hydroxylation is 1. The van der Waals surface area contributed by atoms with Gasteiger partial charge in [-0.25, -0.2) is 4.98 Å². The maximum Gasteiger partial charge on any atom is 0.268 e. The van der Waals surface area contributed by atoms with E-state index in [0.29, 0.717) is 39.8 Å². The van der Waals surface area contributed by atoms with Gasteiger partial charge in [0.15, 0.2) is 0 Å². The fraction of sp³-hybridized carbons (Fsp3) is 0.148. The van der Waals surface area contributed by atoms with Gasteiger partial charge < -0.3 is 20.3 Å². The van der Waals surface area contributed by atoms with Crippen LogP contribution < -0.4 is 16.0 Å². The van der Waals surface area contributed by atoms with Crippen LogP contribution >= 0.6 is 11.3 Å². The van der Waals surface area contributed by atoms with Crippen molar-refractivity contribution < 1.29 is 14.7 Å². The number of fused-ring (bicyclic) bond motifs is 1. The number of aliphatic hydroxyl groups is 1.